The Balaban J connectivity index is 1.68. The summed E-state index contributed by atoms with van der Waals surface area (Å²) in [6, 6.07) is 6.53. The smallest absolute Gasteiger partial charge is 0.238 e. The summed E-state index contributed by atoms with van der Waals surface area (Å²) in [6.45, 7) is 3.74. The van der Waals surface area contributed by atoms with Gasteiger partial charge in [-0.2, -0.15) is 0 Å². The highest BCUT2D eigenvalue weighted by Gasteiger charge is 2.14. The number of benzene rings is 1. The van der Waals surface area contributed by atoms with Gasteiger partial charge < -0.3 is 24.8 Å². The Bertz CT molecular complexity index is 1370. The van der Waals surface area contributed by atoms with E-state index >= 15 is 0 Å². The maximum Gasteiger partial charge on any atom is 0.238 e. The van der Waals surface area contributed by atoms with Gasteiger partial charge in [0.1, 0.15) is 12.2 Å². The van der Waals surface area contributed by atoms with Gasteiger partial charge in [0, 0.05) is 36.0 Å². The van der Waals surface area contributed by atoms with E-state index in [1.165, 1.54) is 0 Å². The van der Waals surface area contributed by atoms with Gasteiger partial charge in [-0.1, -0.05) is 24.3 Å². The molecule has 2 N–H and O–H groups in total. The van der Waals surface area contributed by atoms with Gasteiger partial charge in [0.05, 0.1) is 19.6 Å². The number of fused-ring (bicyclic) bond motifs is 1. The van der Waals surface area contributed by atoms with E-state index in [2.05, 4.69) is 35.1 Å². The minimum Gasteiger partial charge on any atom is -0.493 e. The lowest BCUT2D eigenvalue weighted by atomic mass is 10.1. The van der Waals surface area contributed by atoms with E-state index in [9.17, 15) is 9.59 Å². The first kappa shape index (κ1) is 28.5. The summed E-state index contributed by atoms with van der Waals surface area (Å²) in [5.74, 6) is 1.31. The molecule has 2 amide bonds. The van der Waals surface area contributed by atoms with Crippen LogP contribution in [0.5, 0.6) is 17.4 Å². The van der Waals surface area contributed by atoms with Crippen LogP contribution in [0.15, 0.2) is 65.1 Å². The van der Waals surface area contributed by atoms with Crippen molar-refractivity contribution >= 4 is 32.6 Å². The number of nitrogens with zero attached hydrogens (tertiary/aromatic N) is 3. The SMILES string of the molecule is C/C=C(P)\C=C/C(C)NC(=O)CC(=O)Nc1ccc(O\C2=c3/cc(OC)c(OC)c/c3=N\C=C/CC2)nn1. The molecule has 38 heavy (non-hydrogen) atoms. The van der Waals surface area contributed by atoms with Crippen molar-refractivity contribution in [3.8, 4) is 17.4 Å². The van der Waals surface area contributed by atoms with Crippen LogP contribution < -0.4 is 35.4 Å². The zero-order valence-electron chi connectivity index (χ0n) is 21.9. The molecule has 2 unspecified atom stereocenters. The molecular weight excluding hydrogens is 505 g/mol. The van der Waals surface area contributed by atoms with Crippen molar-refractivity contribution in [3.05, 3.63) is 70.7 Å². The fraction of sp³-hybridized carbons (Fsp3) is 0.296. The summed E-state index contributed by atoms with van der Waals surface area (Å²) in [5, 5.41) is 15.8. The van der Waals surface area contributed by atoms with Crippen LogP contribution in [0.2, 0.25) is 0 Å². The number of carbonyl (C=O) groups excluding carboxylic acids is 2. The van der Waals surface area contributed by atoms with Crippen molar-refractivity contribution in [1.29, 1.82) is 0 Å². The lowest BCUT2D eigenvalue weighted by Gasteiger charge is -2.12. The molecule has 3 rings (SSSR count). The molecule has 0 saturated heterocycles. The summed E-state index contributed by atoms with van der Waals surface area (Å²) in [6.07, 6.45) is 10.3. The minimum absolute atomic E-state index is 0.205. The molecule has 2 heterocycles. The highest BCUT2D eigenvalue weighted by atomic mass is 31.0. The van der Waals surface area contributed by atoms with Crippen LogP contribution >= 0.6 is 9.24 Å². The van der Waals surface area contributed by atoms with Gasteiger partial charge in [-0.3, -0.25) is 14.6 Å². The molecule has 0 radical (unpaired) electrons. The van der Waals surface area contributed by atoms with Gasteiger partial charge in [0.25, 0.3) is 0 Å². The Labute approximate surface area is 223 Å². The lowest BCUT2D eigenvalue weighted by molar-refractivity contribution is -0.127. The quantitative estimate of drug-likeness (QED) is 0.271. The van der Waals surface area contributed by atoms with Gasteiger partial charge in [0.2, 0.25) is 17.7 Å². The second-order valence-electron chi connectivity index (χ2n) is 8.29. The van der Waals surface area contributed by atoms with Gasteiger partial charge in [0.15, 0.2) is 17.3 Å². The molecule has 0 bridgehead atoms. The van der Waals surface area contributed by atoms with E-state index < -0.39 is 11.8 Å². The van der Waals surface area contributed by atoms with Crippen LogP contribution in [0.3, 0.4) is 0 Å². The molecule has 0 fully saturated rings. The van der Waals surface area contributed by atoms with Crippen molar-refractivity contribution in [2.45, 2.75) is 39.2 Å². The summed E-state index contributed by atoms with van der Waals surface area (Å²) in [4.78, 5) is 29.0. The summed E-state index contributed by atoms with van der Waals surface area (Å²) in [5.41, 5.74) is 0. The third kappa shape index (κ3) is 8.24. The topological polar surface area (TPSA) is 124 Å². The molecule has 2 atom stereocenters. The molecule has 200 valence electrons. The fourth-order valence-corrected chi connectivity index (χ4v) is 3.58. The number of hydrogen-bond acceptors (Lipinski definition) is 8. The zero-order valence-corrected chi connectivity index (χ0v) is 23.0. The van der Waals surface area contributed by atoms with Gasteiger partial charge >= 0.3 is 0 Å². The number of nitrogens with one attached hydrogen (secondary N) is 2. The predicted octanol–water partition coefficient (Wildman–Crippen LogP) is 2.78. The van der Waals surface area contributed by atoms with Crippen molar-refractivity contribution in [1.82, 2.24) is 15.5 Å². The van der Waals surface area contributed by atoms with Crippen molar-refractivity contribution in [2.75, 3.05) is 19.5 Å². The van der Waals surface area contributed by atoms with Crippen molar-refractivity contribution < 1.29 is 23.8 Å². The van der Waals surface area contributed by atoms with E-state index in [1.54, 1.807) is 38.6 Å². The normalized spacial score (nSPS) is 17.2. The number of aromatic nitrogens is 2. The molecule has 10 nitrogen and oxygen atoms in total. The number of carbonyl (C=O) groups is 2. The largest absolute Gasteiger partial charge is 0.493 e. The van der Waals surface area contributed by atoms with E-state index in [4.69, 9.17) is 14.2 Å². The fourth-order valence-electron chi connectivity index (χ4n) is 3.47. The standard InChI is InChI=1S/C27H32N5O5P/c1-5-18(38)10-9-17(2)29-25(33)16-26(34)30-24-11-12-27(32-31-24)37-21-8-6-7-13-28-20-15-23(36-4)22(35-3)14-19(20)21/h5,7,9-15,17H,6,8,16,38H2,1-4H3,(H,29,33)(H,30,31,34)/b10-9-,13-7-,18-5+,21-19+,28-20+. The monoisotopic (exact) mass is 537 g/mol. The molecule has 0 saturated carbocycles. The van der Waals surface area contributed by atoms with E-state index in [0.29, 0.717) is 29.0 Å². The van der Waals surface area contributed by atoms with Crippen LogP contribution in [0.25, 0.3) is 5.76 Å². The van der Waals surface area contributed by atoms with E-state index in [-0.39, 0.29) is 24.2 Å². The van der Waals surface area contributed by atoms with Crippen molar-refractivity contribution in [2.24, 2.45) is 4.99 Å². The molecule has 1 aliphatic heterocycles. The molecule has 11 heteroatoms. The first-order valence-electron chi connectivity index (χ1n) is 12.0. The molecule has 1 aromatic carbocycles. The molecule has 0 spiro atoms. The second kappa shape index (κ2) is 14.0. The van der Waals surface area contributed by atoms with Crippen LogP contribution in [0, 0.1) is 0 Å². The maximum absolute atomic E-state index is 12.3. The Kier molecular flexibility index (Phi) is 10.5. The Morgan fingerprint density at radius 2 is 1.89 bits per heavy atom. The Morgan fingerprint density at radius 3 is 2.58 bits per heavy atom. The number of anilines is 1. The molecule has 2 aromatic rings. The van der Waals surface area contributed by atoms with Gasteiger partial charge in [-0.15, -0.1) is 19.4 Å². The van der Waals surface area contributed by atoms with E-state index in [0.717, 1.165) is 17.0 Å². The van der Waals surface area contributed by atoms with Crippen molar-refractivity contribution in [3.63, 3.8) is 0 Å². The Morgan fingerprint density at radius 1 is 1.13 bits per heavy atom. The summed E-state index contributed by atoms with van der Waals surface area (Å²) < 4.78 is 16.9. The second-order valence-corrected chi connectivity index (χ2v) is 8.95. The lowest BCUT2D eigenvalue weighted by Crippen LogP contribution is -2.33. The molecular formula is C27H32N5O5P. The van der Waals surface area contributed by atoms with Gasteiger partial charge in [-0.25, -0.2) is 0 Å². The Hall–Kier alpha value is -4.04. The summed E-state index contributed by atoms with van der Waals surface area (Å²) in [7, 11) is 5.72. The number of hydrogen-bond donors (Lipinski definition) is 2. The van der Waals surface area contributed by atoms with Crippen LogP contribution in [-0.2, 0) is 9.59 Å². The molecule has 1 aromatic heterocycles. The van der Waals surface area contributed by atoms with Crippen LogP contribution in [0.1, 0.15) is 33.1 Å². The molecule has 0 aliphatic carbocycles. The first-order valence-corrected chi connectivity index (χ1v) is 12.6. The average molecular weight is 538 g/mol. The molecule has 1 aliphatic rings. The minimum atomic E-state index is -0.500. The predicted molar refractivity (Wildman–Crippen MR) is 148 cm³/mol. The number of methoxy groups -OCH3 is 2. The average Bonchev–Trinajstić information content (AvgIpc) is 2.89. The highest BCUT2D eigenvalue weighted by Crippen LogP contribution is 2.23. The van der Waals surface area contributed by atoms with E-state index in [1.807, 2.05) is 44.2 Å². The first-order chi connectivity index (χ1) is 18.3. The van der Waals surface area contributed by atoms with Crippen LogP contribution in [-0.4, -0.2) is 42.3 Å². The number of allylic oxidation sites excluding steroid dienone is 4. The third-order valence-corrected chi connectivity index (χ3v) is 5.94. The number of amides is 2. The van der Waals surface area contributed by atoms with Gasteiger partial charge in [-0.05, 0) is 37.7 Å². The number of rotatable bonds is 10. The zero-order chi connectivity index (χ0) is 27.5. The van der Waals surface area contributed by atoms with Crippen LogP contribution in [0.4, 0.5) is 5.82 Å². The summed E-state index contributed by atoms with van der Waals surface area (Å²) >= 11 is 0. The highest BCUT2D eigenvalue weighted by molar-refractivity contribution is 7.22. The maximum atomic E-state index is 12.3. The third-order valence-electron chi connectivity index (χ3n) is 5.42. The number of ether oxygens (including phenoxy) is 3.